The molecule has 2 heterocycles. The van der Waals surface area contributed by atoms with Crippen molar-refractivity contribution in [1.82, 2.24) is 15.2 Å². The molecule has 1 saturated heterocycles. The third kappa shape index (κ3) is 5.28. The van der Waals surface area contributed by atoms with E-state index in [0.717, 1.165) is 30.2 Å². The molecule has 4 rings (SSSR count). The number of rotatable bonds is 7. The molecule has 2 aliphatic rings. The maximum atomic E-state index is 13.4. The summed E-state index contributed by atoms with van der Waals surface area (Å²) in [4.78, 5) is 42.7. The standard InChI is InChI=1S/C25H25F6N3O5S/c1-12-8-14(23(38,24(26,27)28)25(29,30)31)5-6-17(12)19-18(22(37)34-7-3-4-13(34)2)33-21(40-19)20(36)32-15-9-16(10-15)39-11-35/h5-6,8,11,13,15-16,38H,3-4,7,9-10H2,1-2H3,(H,32,36)/t13-,15?,16?/m0/s1. The second kappa shape index (κ2) is 10.7. The highest BCUT2D eigenvalue weighted by Crippen LogP contribution is 2.50. The van der Waals surface area contributed by atoms with Crippen molar-refractivity contribution in [2.24, 2.45) is 0 Å². The highest BCUT2D eigenvalue weighted by molar-refractivity contribution is 7.17. The van der Waals surface area contributed by atoms with Gasteiger partial charge in [-0.1, -0.05) is 18.2 Å². The monoisotopic (exact) mass is 593 g/mol. The molecule has 1 aromatic carbocycles. The first-order valence-electron chi connectivity index (χ1n) is 12.3. The van der Waals surface area contributed by atoms with E-state index in [1.165, 1.54) is 6.92 Å². The van der Waals surface area contributed by atoms with Crippen molar-refractivity contribution < 1.29 is 50.6 Å². The van der Waals surface area contributed by atoms with E-state index >= 15 is 0 Å². The Hall–Kier alpha value is -3.20. The first-order chi connectivity index (χ1) is 18.6. The van der Waals surface area contributed by atoms with Gasteiger partial charge in [0.05, 0.1) is 4.88 Å². The summed E-state index contributed by atoms with van der Waals surface area (Å²) in [6.45, 7) is 3.79. The number of nitrogens with zero attached hydrogens (tertiary/aromatic N) is 2. The Bertz CT molecular complexity index is 1290. The molecule has 2 amide bonds. The minimum atomic E-state index is -6.06. The van der Waals surface area contributed by atoms with Crippen LogP contribution in [0.1, 0.15) is 64.0 Å². The number of halogens is 6. The molecule has 0 unspecified atom stereocenters. The summed E-state index contributed by atoms with van der Waals surface area (Å²) in [7, 11) is 0. The summed E-state index contributed by atoms with van der Waals surface area (Å²) in [5.41, 5.74) is -6.71. The number of thiazole rings is 1. The number of aryl methyl sites for hydroxylation is 1. The quantitative estimate of drug-likeness (QED) is 0.362. The molecule has 1 atom stereocenters. The van der Waals surface area contributed by atoms with E-state index in [-0.39, 0.29) is 44.9 Å². The zero-order chi connectivity index (χ0) is 29.6. The summed E-state index contributed by atoms with van der Waals surface area (Å²) in [6, 6.07) is 1.55. The van der Waals surface area contributed by atoms with Crippen LogP contribution in [0, 0.1) is 6.92 Å². The van der Waals surface area contributed by atoms with Gasteiger partial charge in [0.15, 0.2) is 5.01 Å². The lowest BCUT2D eigenvalue weighted by atomic mass is 9.89. The second-order valence-electron chi connectivity index (χ2n) is 9.92. The molecule has 1 aliphatic carbocycles. The van der Waals surface area contributed by atoms with Crippen LogP contribution in [0.4, 0.5) is 26.3 Å². The van der Waals surface area contributed by atoms with Gasteiger partial charge in [-0.2, -0.15) is 26.3 Å². The number of carbonyl (C=O) groups excluding carboxylic acids is 3. The van der Waals surface area contributed by atoms with Crippen LogP contribution in [0.25, 0.3) is 10.4 Å². The van der Waals surface area contributed by atoms with Crippen LogP contribution in [-0.4, -0.2) is 70.4 Å². The summed E-state index contributed by atoms with van der Waals surface area (Å²) < 4.78 is 85.3. The number of ether oxygens (including phenoxy) is 1. The van der Waals surface area contributed by atoms with Gasteiger partial charge < -0.3 is 20.1 Å². The molecule has 40 heavy (non-hydrogen) atoms. The van der Waals surface area contributed by atoms with Crippen molar-refractivity contribution in [3.63, 3.8) is 0 Å². The van der Waals surface area contributed by atoms with Crippen LogP contribution in [-0.2, 0) is 15.1 Å². The summed E-state index contributed by atoms with van der Waals surface area (Å²) in [5, 5.41) is 12.4. The van der Waals surface area contributed by atoms with Crippen LogP contribution in [0.15, 0.2) is 18.2 Å². The van der Waals surface area contributed by atoms with E-state index < -0.39 is 35.3 Å². The molecular weight excluding hydrogens is 568 g/mol. The van der Waals surface area contributed by atoms with Gasteiger partial charge in [0.1, 0.15) is 11.8 Å². The molecular formula is C25H25F6N3O5S. The van der Waals surface area contributed by atoms with E-state index in [2.05, 4.69) is 10.3 Å². The van der Waals surface area contributed by atoms with Crippen LogP contribution in [0.2, 0.25) is 0 Å². The van der Waals surface area contributed by atoms with Crippen molar-refractivity contribution in [2.75, 3.05) is 6.54 Å². The van der Waals surface area contributed by atoms with Gasteiger partial charge in [-0.15, -0.1) is 11.3 Å². The van der Waals surface area contributed by atoms with Crippen molar-refractivity contribution in [3.05, 3.63) is 40.0 Å². The van der Waals surface area contributed by atoms with Crippen molar-refractivity contribution >= 4 is 29.6 Å². The van der Waals surface area contributed by atoms with E-state index in [9.17, 15) is 45.8 Å². The maximum Gasteiger partial charge on any atom is 0.430 e. The Kier molecular flexibility index (Phi) is 7.93. The van der Waals surface area contributed by atoms with E-state index in [0.29, 0.717) is 38.0 Å². The topological polar surface area (TPSA) is 109 Å². The fourth-order valence-corrected chi connectivity index (χ4v) is 5.92. The number of hydrogen-bond acceptors (Lipinski definition) is 7. The van der Waals surface area contributed by atoms with E-state index in [1.54, 1.807) is 4.90 Å². The molecule has 1 saturated carbocycles. The smallest absolute Gasteiger partial charge is 0.430 e. The molecule has 2 fully saturated rings. The zero-order valence-electron chi connectivity index (χ0n) is 21.2. The average molecular weight is 594 g/mol. The Morgan fingerprint density at radius 2 is 1.82 bits per heavy atom. The first kappa shape index (κ1) is 29.8. The third-order valence-corrected chi connectivity index (χ3v) is 8.31. The summed E-state index contributed by atoms with van der Waals surface area (Å²) >= 11 is 0.770. The average Bonchev–Trinajstić information content (AvgIpc) is 3.47. The predicted molar refractivity (Wildman–Crippen MR) is 129 cm³/mol. The Balaban J connectivity index is 1.73. The van der Waals surface area contributed by atoms with Crippen molar-refractivity contribution in [1.29, 1.82) is 0 Å². The molecule has 0 spiro atoms. The summed E-state index contributed by atoms with van der Waals surface area (Å²) in [6.07, 6.45) is -10.2. The first-order valence-corrected chi connectivity index (χ1v) is 13.1. The number of aliphatic hydroxyl groups is 1. The van der Waals surface area contributed by atoms with Crippen LogP contribution in [0.5, 0.6) is 0 Å². The molecule has 1 aliphatic heterocycles. The minimum Gasteiger partial charge on any atom is -0.464 e. The van der Waals surface area contributed by atoms with Gasteiger partial charge in [-0.3, -0.25) is 14.4 Å². The molecule has 8 nitrogen and oxygen atoms in total. The highest BCUT2D eigenvalue weighted by atomic mass is 32.1. The number of benzene rings is 1. The van der Waals surface area contributed by atoms with E-state index in [1.807, 2.05) is 6.92 Å². The fraction of sp³-hybridized carbons (Fsp3) is 0.520. The number of likely N-dealkylation sites (tertiary alicyclic amines) is 1. The number of carbonyl (C=O) groups is 3. The Morgan fingerprint density at radius 3 is 2.35 bits per heavy atom. The highest BCUT2D eigenvalue weighted by Gasteiger charge is 2.71. The lowest BCUT2D eigenvalue weighted by Crippen LogP contribution is -2.53. The van der Waals surface area contributed by atoms with Gasteiger partial charge in [0.2, 0.25) is 0 Å². The summed E-state index contributed by atoms with van der Waals surface area (Å²) in [5.74, 6) is -1.16. The van der Waals surface area contributed by atoms with Crippen molar-refractivity contribution in [3.8, 4) is 10.4 Å². The number of nitrogens with one attached hydrogen (secondary N) is 1. The normalized spacial score (nSPS) is 21.6. The number of alkyl halides is 6. The molecule has 0 radical (unpaired) electrons. The van der Waals surface area contributed by atoms with Gasteiger partial charge in [0.25, 0.3) is 23.9 Å². The molecule has 0 bridgehead atoms. The second-order valence-corrected chi connectivity index (χ2v) is 10.9. The van der Waals surface area contributed by atoms with E-state index in [4.69, 9.17) is 4.74 Å². The van der Waals surface area contributed by atoms with Gasteiger partial charge >= 0.3 is 12.4 Å². The predicted octanol–water partition coefficient (Wildman–Crippen LogP) is 4.49. The van der Waals surface area contributed by atoms with Crippen LogP contribution < -0.4 is 5.32 Å². The Morgan fingerprint density at radius 1 is 1.18 bits per heavy atom. The van der Waals surface area contributed by atoms with Crippen LogP contribution >= 0.6 is 11.3 Å². The molecule has 2 N–H and O–H groups in total. The zero-order valence-corrected chi connectivity index (χ0v) is 22.0. The fourth-order valence-electron chi connectivity index (χ4n) is 4.87. The lowest BCUT2D eigenvalue weighted by Gasteiger charge is -2.33. The van der Waals surface area contributed by atoms with Gasteiger partial charge in [-0.05, 0) is 37.8 Å². The van der Waals surface area contributed by atoms with Crippen LogP contribution in [0.3, 0.4) is 0 Å². The number of hydrogen-bond donors (Lipinski definition) is 2. The van der Waals surface area contributed by atoms with Gasteiger partial charge in [0, 0.05) is 37.0 Å². The largest absolute Gasteiger partial charge is 0.464 e. The number of amides is 2. The minimum absolute atomic E-state index is 0.0882. The van der Waals surface area contributed by atoms with Gasteiger partial charge in [-0.25, -0.2) is 4.98 Å². The SMILES string of the molecule is Cc1cc(C(O)(C(F)(F)F)C(F)(F)F)ccc1-c1sc(C(=O)NC2CC(OC=O)C2)nc1C(=O)N1CCC[C@@H]1C. The lowest BCUT2D eigenvalue weighted by molar-refractivity contribution is -0.376. The molecule has 218 valence electrons. The Labute approximate surface area is 228 Å². The maximum absolute atomic E-state index is 13.4. The number of aromatic nitrogens is 1. The third-order valence-electron chi connectivity index (χ3n) is 7.23. The molecule has 2 aromatic rings. The van der Waals surface area contributed by atoms with Crippen molar-refractivity contribution in [2.45, 2.75) is 75.7 Å². The molecule has 1 aromatic heterocycles. The molecule has 15 heteroatoms.